The Morgan fingerprint density at radius 3 is 2.67 bits per heavy atom. The first-order valence-corrected chi connectivity index (χ1v) is 5.42. The molecule has 94 valence electrons. The van der Waals surface area contributed by atoms with Gasteiger partial charge in [-0.05, 0) is 31.2 Å². The monoisotopic (exact) mass is 249 g/mol. The molecule has 0 saturated heterocycles. The molecule has 5 heteroatoms. The summed E-state index contributed by atoms with van der Waals surface area (Å²) < 4.78 is 18.5. The predicted octanol–water partition coefficient (Wildman–Crippen LogP) is 3.29. The first-order chi connectivity index (χ1) is 8.58. The van der Waals surface area contributed by atoms with Gasteiger partial charge in [-0.15, -0.1) is 0 Å². The summed E-state index contributed by atoms with van der Waals surface area (Å²) in [5.41, 5.74) is 0.346. The summed E-state index contributed by atoms with van der Waals surface area (Å²) in [5, 5.41) is 11.7. The number of furan rings is 1. The molecule has 18 heavy (non-hydrogen) atoms. The van der Waals surface area contributed by atoms with Crippen LogP contribution in [0.2, 0.25) is 0 Å². The summed E-state index contributed by atoms with van der Waals surface area (Å²) in [5.74, 6) is -1.18. The number of carboxylic acid groups (broad SMARTS) is 1. The van der Waals surface area contributed by atoms with E-state index in [1.807, 2.05) is 0 Å². The number of hydrogen-bond donors (Lipinski definition) is 2. The van der Waals surface area contributed by atoms with E-state index < -0.39 is 5.97 Å². The summed E-state index contributed by atoms with van der Waals surface area (Å²) in [6.45, 7) is 1.76. The molecule has 0 aliphatic heterocycles. The molecule has 1 unspecified atom stereocenters. The summed E-state index contributed by atoms with van der Waals surface area (Å²) in [4.78, 5) is 10.7. The van der Waals surface area contributed by atoms with E-state index in [1.54, 1.807) is 31.2 Å². The first kappa shape index (κ1) is 12.2. The predicted molar refractivity (Wildman–Crippen MR) is 64.1 cm³/mol. The maximum Gasteiger partial charge on any atom is 0.371 e. The van der Waals surface area contributed by atoms with Crippen LogP contribution in [0.5, 0.6) is 0 Å². The van der Waals surface area contributed by atoms with Gasteiger partial charge in [0.25, 0.3) is 0 Å². The molecule has 2 aromatic rings. The smallest absolute Gasteiger partial charge is 0.371 e. The standard InChI is InChI=1S/C13H12FNO3/c1-8(11-6-7-12(18-11)13(16)17)15-10-5-3-2-4-9(10)14/h2-8,15H,1H3,(H,16,17). The zero-order valence-corrected chi connectivity index (χ0v) is 9.68. The Kier molecular flexibility index (Phi) is 3.32. The molecular formula is C13H12FNO3. The third-order valence-electron chi connectivity index (χ3n) is 2.51. The third-order valence-corrected chi connectivity index (χ3v) is 2.51. The lowest BCUT2D eigenvalue weighted by atomic mass is 10.2. The zero-order chi connectivity index (χ0) is 13.1. The van der Waals surface area contributed by atoms with Crippen molar-refractivity contribution in [1.29, 1.82) is 0 Å². The van der Waals surface area contributed by atoms with Crippen molar-refractivity contribution in [1.82, 2.24) is 0 Å². The number of aromatic carboxylic acids is 1. The van der Waals surface area contributed by atoms with Gasteiger partial charge in [0.15, 0.2) is 0 Å². The molecule has 1 aromatic carbocycles. The van der Waals surface area contributed by atoms with Gasteiger partial charge in [0.1, 0.15) is 11.6 Å². The van der Waals surface area contributed by atoms with Crippen LogP contribution < -0.4 is 5.32 Å². The molecule has 0 aliphatic rings. The molecule has 0 radical (unpaired) electrons. The average molecular weight is 249 g/mol. The van der Waals surface area contributed by atoms with Crippen molar-refractivity contribution < 1.29 is 18.7 Å². The van der Waals surface area contributed by atoms with Gasteiger partial charge in [-0.1, -0.05) is 12.1 Å². The van der Waals surface area contributed by atoms with Crippen LogP contribution in [0.3, 0.4) is 0 Å². The van der Waals surface area contributed by atoms with Gasteiger partial charge in [-0.25, -0.2) is 9.18 Å². The maximum absolute atomic E-state index is 13.4. The van der Waals surface area contributed by atoms with Crippen LogP contribution in [0.25, 0.3) is 0 Å². The highest BCUT2D eigenvalue weighted by molar-refractivity contribution is 5.84. The Morgan fingerprint density at radius 1 is 1.33 bits per heavy atom. The minimum absolute atomic E-state index is 0.132. The molecule has 1 aromatic heterocycles. The van der Waals surface area contributed by atoms with Gasteiger partial charge < -0.3 is 14.8 Å². The lowest BCUT2D eigenvalue weighted by molar-refractivity contribution is 0.0660. The lowest BCUT2D eigenvalue weighted by Gasteiger charge is -2.13. The Morgan fingerprint density at radius 2 is 2.06 bits per heavy atom. The number of para-hydroxylation sites is 1. The van der Waals surface area contributed by atoms with Crippen LogP contribution in [0.4, 0.5) is 10.1 Å². The molecule has 0 amide bonds. The number of nitrogens with one attached hydrogen (secondary N) is 1. The topological polar surface area (TPSA) is 62.5 Å². The highest BCUT2D eigenvalue weighted by atomic mass is 19.1. The fourth-order valence-electron chi connectivity index (χ4n) is 1.58. The van der Waals surface area contributed by atoms with Crippen LogP contribution in [0, 0.1) is 5.82 Å². The van der Waals surface area contributed by atoms with E-state index in [4.69, 9.17) is 9.52 Å². The van der Waals surface area contributed by atoms with Crippen LogP contribution in [0.15, 0.2) is 40.8 Å². The second-order valence-electron chi connectivity index (χ2n) is 3.85. The molecule has 2 N–H and O–H groups in total. The molecule has 0 spiro atoms. The zero-order valence-electron chi connectivity index (χ0n) is 9.68. The van der Waals surface area contributed by atoms with Gasteiger partial charge in [-0.2, -0.15) is 0 Å². The fraction of sp³-hybridized carbons (Fsp3) is 0.154. The Hall–Kier alpha value is -2.30. The van der Waals surface area contributed by atoms with Crippen molar-refractivity contribution in [3.05, 3.63) is 53.7 Å². The second kappa shape index (κ2) is 4.91. The Labute approximate surface area is 103 Å². The van der Waals surface area contributed by atoms with Crippen LogP contribution in [-0.2, 0) is 0 Å². The quantitative estimate of drug-likeness (QED) is 0.872. The third kappa shape index (κ3) is 2.51. The van der Waals surface area contributed by atoms with E-state index >= 15 is 0 Å². The van der Waals surface area contributed by atoms with Crippen LogP contribution in [0.1, 0.15) is 29.3 Å². The Balaban J connectivity index is 2.14. The van der Waals surface area contributed by atoms with E-state index in [9.17, 15) is 9.18 Å². The van der Waals surface area contributed by atoms with Crippen molar-refractivity contribution in [2.45, 2.75) is 13.0 Å². The number of halogens is 1. The highest BCUT2D eigenvalue weighted by Gasteiger charge is 2.14. The number of rotatable bonds is 4. The summed E-state index contributed by atoms with van der Waals surface area (Å²) in [6.07, 6.45) is 0. The van der Waals surface area contributed by atoms with Crippen molar-refractivity contribution >= 4 is 11.7 Å². The molecule has 1 heterocycles. The van der Waals surface area contributed by atoms with Gasteiger partial charge in [-0.3, -0.25) is 0 Å². The second-order valence-corrected chi connectivity index (χ2v) is 3.85. The maximum atomic E-state index is 13.4. The summed E-state index contributed by atoms with van der Waals surface area (Å²) >= 11 is 0. The van der Waals surface area contributed by atoms with Gasteiger partial charge in [0.05, 0.1) is 11.7 Å². The molecule has 0 fully saturated rings. The molecule has 4 nitrogen and oxygen atoms in total. The molecule has 1 atom stereocenters. The number of hydrogen-bond acceptors (Lipinski definition) is 3. The molecule has 0 saturated carbocycles. The van der Waals surface area contributed by atoms with E-state index in [1.165, 1.54) is 12.1 Å². The van der Waals surface area contributed by atoms with Crippen molar-refractivity contribution in [3.63, 3.8) is 0 Å². The molecule has 2 rings (SSSR count). The number of anilines is 1. The average Bonchev–Trinajstić information content (AvgIpc) is 2.81. The van der Waals surface area contributed by atoms with E-state index in [2.05, 4.69) is 5.32 Å². The van der Waals surface area contributed by atoms with Gasteiger partial charge in [0, 0.05) is 0 Å². The summed E-state index contributed by atoms with van der Waals surface area (Å²) in [6, 6.07) is 8.87. The van der Waals surface area contributed by atoms with Crippen LogP contribution in [-0.4, -0.2) is 11.1 Å². The van der Waals surface area contributed by atoms with Crippen LogP contribution >= 0.6 is 0 Å². The Bertz CT molecular complexity index is 565. The van der Waals surface area contributed by atoms with Crippen molar-refractivity contribution in [3.8, 4) is 0 Å². The highest BCUT2D eigenvalue weighted by Crippen LogP contribution is 2.22. The molecule has 0 bridgehead atoms. The van der Waals surface area contributed by atoms with Crippen molar-refractivity contribution in [2.24, 2.45) is 0 Å². The minimum atomic E-state index is -1.13. The van der Waals surface area contributed by atoms with E-state index in [-0.39, 0.29) is 17.6 Å². The number of carbonyl (C=O) groups is 1. The first-order valence-electron chi connectivity index (χ1n) is 5.42. The van der Waals surface area contributed by atoms with Crippen molar-refractivity contribution in [2.75, 3.05) is 5.32 Å². The SMILES string of the molecule is CC(Nc1ccccc1F)c1ccc(C(=O)O)o1. The normalized spacial score (nSPS) is 12.1. The number of carboxylic acids is 1. The molecule has 0 aliphatic carbocycles. The summed E-state index contributed by atoms with van der Waals surface area (Å²) in [7, 11) is 0. The van der Waals surface area contributed by atoms with E-state index in [0.29, 0.717) is 11.4 Å². The van der Waals surface area contributed by atoms with E-state index in [0.717, 1.165) is 0 Å². The van der Waals surface area contributed by atoms with Gasteiger partial charge in [0.2, 0.25) is 5.76 Å². The number of benzene rings is 1. The fourth-order valence-corrected chi connectivity index (χ4v) is 1.58. The van der Waals surface area contributed by atoms with Gasteiger partial charge >= 0.3 is 5.97 Å². The largest absolute Gasteiger partial charge is 0.475 e. The molecular weight excluding hydrogens is 237 g/mol. The minimum Gasteiger partial charge on any atom is -0.475 e. The lowest BCUT2D eigenvalue weighted by Crippen LogP contribution is -2.07.